The van der Waals surface area contributed by atoms with Gasteiger partial charge in [-0.05, 0) is 12.7 Å². The molecule has 0 spiro atoms. The zero-order valence-corrected chi connectivity index (χ0v) is 8.78. The van der Waals surface area contributed by atoms with Gasteiger partial charge in [0.2, 0.25) is 0 Å². The van der Waals surface area contributed by atoms with Crippen LogP contribution in [0.5, 0.6) is 0 Å². The maximum absolute atomic E-state index is 11.1. The maximum atomic E-state index is 11.1. The topological polar surface area (TPSA) is 58.1 Å². The van der Waals surface area contributed by atoms with E-state index in [0.29, 0.717) is 13.0 Å². The molecule has 1 aromatic heterocycles. The van der Waals surface area contributed by atoms with Crippen LogP contribution in [0.25, 0.3) is 0 Å². The van der Waals surface area contributed by atoms with Crippen LogP contribution < -0.4 is 5.11 Å². The van der Waals surface area contributed by atoms with E-state index in [4.69, 9.17) is 4.74 Å². The summed E-state index contributed by atoms with van der Waals surface area (Å²) in [6.07, 6.45) is 4.03. The molecule has 0 fully saturated rings. The average molecular weight is 195 g/mol. The summed E-state index contributed by atoms with van der Waals surface area (Å²) in [4.78, 5) is 8.25. The number of hydrogen-bond donors (Lipinski definition) is 0. The smallest absolute Gasteiger partial charge is 0.0609 e. The monoisotopic (exact) mass is 195 g/mol. The lowest BCUT2D eigenvalue weighted by Crippen LogP contribution is -2.40. The van der Waals surface area contributed by atoms with Crippen molar-refractivity contribution in [2.45, 2.75) is 33.0 Å². The summed E-state index contributed by atoms with van der Waals surface area (Å²) in [6, 6.07) is 0. The first kappa shape index (κ1) is 11.1. The van der Waals surface area contributed by atoms with Gasteiger partial charge in [0.15, 0.2) is 0 Å². The van der Waals surface area contributed by atoms with Crippen molar-refractivity contribution in [3.8, 4) is 0 Å². The van der Waals surface area contributed by atoms with Gasteiger partial charge in [0, 0.05) is 18.8 Å². The zero-order valence-electron chi connectivity index (χ0n) is 8.78. The molecule has 0 aliphatic carbocycles. The van der Waals surface area contributed by atoms with Crippen molar-refractivity contribution in [1.29, 1.82) is 0 Å². The van der Waals surface area contributed by atoms with E-state index in [1.807, 2.05) is 6.92 Å². The van der Waals surface area contributed by atoms with Gasteiger partial charge in [0.05, 0.1) is 18.0 Å². The molecule has 0 radical (unpaired) electrons. The molecule has 0 aromatic carbocycles. The Labute approximate surface area is 84.0 Å². The van der Waals surface area contributed by atoms with Gasteiger partial charge >= 0.3 is 0 Å². The van der Waals surface area contributed by atoms with Gasteiger partial charge in [0.25, 0.3) is 0 Å². The minimum Gasteiger partial charge on any atom is -0.829 e. The van der Waals surface area contributed by atoms with Crippen LogP contribution in [0.1, 0.15) is 25.2 Å². The van der Waals surface area contributed by atoms with Crippen LogP contribution in [0.4, 0.5) is 0 Å². The molecule has 1 aromatic rings. The van der Waals surface area contributed by atoms with E-state index >= 15 is 0 Å². The van der Waals surface area contributed by atoms with Gasteiger partial charge in [-0.3, -0.25) is 9.97 Å². The van der Waals surface area contributed by atoms with E-state index in [1.165, 1.54) is 13.8 Å². The summed E-state index contributed by atoms with van der Waals surface area (Å²) in [5.41, 5.74) is 1.73. The van der Waals surface area contributed by atoms with Crippen LogP contribution >= 0.6 is 0 Å². The molecule has 4 heteroatoms. The highest BCUT2D eigenvalue weighted by Gasteiger charge is 2.02. The molecule has 78 valence electrons. The zero-order chi connectivity index (χ0) is 10.6. The molecule has 0 aliphatic heterocycles. The minimum absolute atomic E-state index is 0.383. The van der Waals surface area contributed by atoms with E-state index < -0.39 is 5.79 Å². The fourth-order valence-corrected chi connectivity index (χ4v) is 0.950. The lowest BCUT2D eigenvalue weighted by atomic mass is 10.3. The van der Waals surface area contributed by atoms with Crippen molar-refractivity contribution in [1.82, 2.24) is 9.97 Å². The highest BCUT2D eigenvalue weighted by molar-refractivity contribution is 5.00. The van der Waals surface area contributed by atoms with Crippen molar-refractivity contribution >= 4 is 0 Å². The number of ether oxygens (including phenoxy) is 1. The molecule has 0 bridgehead atoms. The van der Waals surface area contributed by atoms with Crippen LogP contribution in [0, 0.1) is 6.92 Å². The molecule has 0 N–H and O–H groups in total. The molecule has 0 saturated carbocycles. The second-order valence-electron chi connectivity index (χ2n) is 3.65. The normalized spacial score (nSPS) is 11.7. The molecular formula is C10H15N2O2-. The summed E-state index contributed by atoms with van der Waals surface area (Å²) in [6.45, 7) is 5.25. The van der Waals surface area contributed by atoms with Crippen LogP contribution in [-0.4, -0.2) is 22.4 Å². The molecule has 0 aliphatic rings. The Bertz CT molecular complexity index is 277. The molecule has 14 heavy (non-hydrogen) atoms. The Kier molecular flexibility index (Phi) is 3.55. The van der Waals surface area contributed by atoms with Gasteiger partial charge in [-0.15, -0.1) is 0 Å². The predicted octanol–water partition coefficient (Wildman–Crippen LogP) is 0.441. The lowest BCUT2D eigenvalue weighted by Gasteiger charge is -2.31. The van der Waals surface area contributed by atoms with Crippen LogP contribution in [0.3, 0.4) is 0 Å². The molecule has 1 heterocycles. The Morgan fingerprint density at radius 3 is 2.57 bits per heavy atom. The summed E-state index contributed by atoms with van der Waals surface area (Å²) < 4.78 is 5.04. The third-order valence-corrected chi connectivity index (χ3v) is 1.64. The van der Waals surface area contributed by atoms with E-state index in [-0.39, 0.29) is 0 Å². The maximum Gasteiger partial charge on any atom is 0.0609 e. The highest BCUT2D eigenvalue weighted by atomic mass is 16.6. The lowest BCUT2D eigenvalue weighted by molar-refractivity contribution is -0.542. The summed E-state index contributed by atoms with van der Waals surface area (Å²) in [5, 5.41) is 11.1. The molecular weight excluding hydrogens is 180 g/mol. The second kappa shape index (κ2) is 4.48. The standard InChI is InChI=1S/C10H15N2O2/c1-8-6-12-9(7-11-8)4-5-14-10(2,3)13/h6-7H,4-5H2,1-3H3/q-1. The number of rotatable bonds is 4. The average Bonchev–Trinajstić information content (AvgIpc) is 2.06. The van der Waals surface area contributed by atoms with Gasteiger partial charge in [-0.1, -0.05) is 13.8 Å². The number of nitrogens with zero attached hydrogens (tertiary/aromatic N) is 2. The SMILES string of the molecule is Cc1cnc(CCOC(C)(C)[O-])cn1. The number of aromatic nitrogens is 2. The third-order valence-electron chi connectivity index (χ3n) is 1.64. The van der Waals surface area contributed by atoms with Crippen LogP contribution in [0.15, 0.2) is 12.4 Å². The van der Waals surface area contributed by atoms with E-state index in [9.17, 15) is 5.11 Å². The number of aryl methyl sites for hydroxylation is 1. The van der Waals surface area contributed by atoms with E-state index in [2.05, 4.69) is 9.97 Å². The minimum atomic E-state index is -1.32. The summed E-state index contributed by atoms with van der Waals surface area (Å²) >= 11 is 0. The Balaban J connectivity index is 2.35. The van der Waals surface area contributed by atoms with Crippen molar-refractivity contribution in [3.63, 3.8) is 0 Å². The quantitative estimate of drug-likeness (QED) is 0.654. The molecule has 0 saturated heterocycles. The summed E-state index contributed by atoms with van der Waals surface area (Å²) in [7, 11) is 0. The van der Waals surface area contributed by atoms with Gasteiger partial charge in [-0.25, -0.2) is 0 Å². The second-order valence-corrected chi connectivity index (χ2v) is 3.65. The Hall–Kier alpha value is -1.00. The van der Waals surface area contributed by atoms with Gasteiger partial charge in [0.1, 0.15) is 0 Å². The third kappa shape index (κ3) is 4.30. The van der Waals surface area contributed by atoms with Crippen LogP contribution in [-0.2, 0) is 11.2 Å². The highest BCUT2D eigenvalue weighted by Crippen LogP contribution is 2.01. The Morgan fingerprint density at radius 1 is 1.36 bits per heavy atom. The first-order valence-corrected chi connectivity index (χ1v) is 4.59. The first-order chi connectivity index (χ1) is 6.47. The fourth-order valence-electron chi connectivity index (χ4n) is 0.950. The van der Waals surface area contributed by atoms with Crippen molar-refractivity contribution in [3.05, 3.63) is 23.8 Å². The number of hydrogen-bond acceptors (Lipinski definition) is 4. The van der Waals surface area contributed by atoms with E-state index in [1.54, 1.807) is 12.4 Å². The van der Waals surface area contributed by atoms with E-state index in [0.717, 1.165) is 11.4 Å². The van der Waals surface area contributed by atoms with Gasteiger partial charge < -0.3 is 9.84 Å². The Morgan fingerprint density at radius 2 is 2.07 bits per heavy atom. The summed E-state index contributed by atoms with van der Waals surface area (Å²) in [5.74, 6) is -1.32. The molecule has 0 unspecified atom stereocenters. The predicted molar refractivity (Wildman–Crippen MR) is 50.5 cm³/mol. The van der Waals surface area contributed by atoms with Crippen molar-refractivity contribution in [2.24, 2.45) is 0 Å². The van der Waals surface area contributed by atoms with Gasteiger partial charge in [-0.2, -0.15) is 0 Å². The van der Waals surface area contributed by atoms with Crippen molar-refractivity contribution < 1.29 is 9.84 Å². The largest absolute Gasteiger partial charge is 0.829 e. The fraction of sp³-hybridized carbons (Fsp3) is 0.600. The first-order valence-electron chi connectivity index (χ1n) is 4.59. The van der Waals surface area contributed by atoms with Crippen LogP contribution in [0.2, 0.25) is 0 Å². The molecule has 0 atom stereocenters. The molecule has 1 rings (SSSR count). The molecule has 0 amide bonds. The molecule has 4 nitrogen and oxygen atoms in total. The van der Waals surface area contributed by atoms with Crippen molar-refractivity contribution in [2.75, 3.05) is 6.61 Å².